The van der Waals surface area contributed by atoms with E-state index in [0.29, 0.717) is 40.5 Å². The van der Waals surface area contributed by atoms with Crippen molar-refractivity contribution in [1.29, 1.82) is 0 Å². The molecule has 0 amide bonds. The number of benzene rings is 4. The highest BCUT2D eigenvalue weighted by Crippen LogP contribution is 2.31. The zero-order valence-electron chi connectivity index (χ0n) is 27.5. The summed E-state index contributed by atoms with van der Waals surface area (Å²) >= 11 is 0. The minimum absolute atomic E-state index is 0.214. The van der Waals surface area contributed by atoms with E-state index in [4.69, 9.17) is 37.1 Å². The highest BCUT2D eigenvalue weighted by Gasteiger charge is 2.18. The van der Waals surface area contributed by atoms with Gasteiger partial charge in [0.2, 0.25) is 0 Å². The molecule has 252 valence electrons. The van der Waals surface area contributed by atoms with Crippen LogP contribution in [0.15, 0.2) is 97.1 Å². The smallest absolute Gasteiger partial charge is 0.343 e. The lowest BCUT2D eigenvalue weighted by Crippen LogP contribution is -2.15. The normalized spacial score (nSPS) is 15.6. The molecule has 4 aromatic rings. The predicted molar refractivity (Wildman–Crippen MR) is 193 cm³/mol. The summed E-state index contributed by atoms with van der Waals surface area (Å²) in [7, 11) is 0. The number of ether oxygens (including phenoxy) is 3. The summed E-state index contributed by atoms with van der Waals surface area (Å²) in [4.78, 5) is 23.9. The summed E-state index contributed by atoms with van der Waals surface area (Å²) in [6.07, 6.45) is 10.1. The summed E-state index contributed by atoms with van der Waals surface area (Å²) in [6.45, 7) is 3.32. The van der Waals surface area contributed by atoms with Crippen LogP contribution in [0.1, 0.15) is 60.5 Å². The molecule has 1 aliphatic rings. The van der Waals surface area contributed by atoms with Crippen molar-refractivity contribution in [2.75, 3.05) is 36.1 Å². The first-order chi connectivity index (χ1) is 23.2. The fourth-order valence-electron chi connectivity index (χ4n) is 5.35. The Labute approximate surface area is 282 Å². The number of hydrogen-bond acceptors (Lipinski definition) is 9. The third-order valence-electron chi connectivity index (χ3n) is 8.25. The van der Waals surface area contributed by atoms with Gasteiger partial charge in [-0.15, -0.1) is 0 Å². The van der Waals surface area contributed by atoms with Crippen molar-refractivity contribution in [3.63, 3.8) is 0 Å². The highest BCUT2D eigenvalue weighted by molar-refractivity contribution is 5.91. The molecule has 1 saturated carbocycles. The Morgan fingerprint density at radius 3 is 2.10 bits per heavy atom. The van der Waals surface area contributed by atoms with E-state index in [1.807, 2.05) is 24.3 Å². The maximum absolute atomic E-state index is 12.0. The lowest BCUT2D eigenvalue weighted by molar-refractivity contribution is -0.137. The summed E-state index contributed by atoms with van der Waals surface area (Å²) in [5, 5.41) is 0. The Hall–Kier alpha value is -5.44. The molecule has 1 aliphatic carbocycles. The number of anilines is 4. The fourth-order valence-corrected chi connectivity index (χ4v) is 5.35. The van der Waals surface area contributed by atoms with Crippen molar-refractivity contribution in [1.82, 2.24) is 0 Å². The van der Waals surface area contributed by atoms with E-state index in [0.717, 1.165) is 41.7 Å². The predicted octanol–water partition coefficient (Wildman–Crippen LogP) is 7.32. The van der Waals surface area contributed by atoms with Crippen LogP contribution in [0.2, 0.25) is 0 Å². The second-order valence-electron chi connectivity index (χ2n) is 12.1. The first-order valence-corrected chi connectivity index (χ1v) is 16.3. The largest absolute Gasteiger partial charge is 0.491 e. The molecular weight excluding hydrogens is 604 g/mol. The van der Waals surface area contributed by atoms with Crippen LogP contribution in [0, 0.1) is 11.8 Å². The second kappa shape index (κ2) is 18.0. The van der Waals surface area contributed by atoms with Gasteiger partial charge < -0.3 is 37.1 Å². The first-order valence-electron chi connectivity index (χ1n) is 16.3. The van der Waals surface area contributed by atoms with Crippen molar-refractivity contribution in [3.05, 3.63) is 114 Å². The maximum atomic E-state index is 12.0. The topological polar surface area (TPSA) is 166 Å². The SMILES string of the molecule is CC1CCC(CCOc2ccc(N)cc2N)CC1.Nc1ccc(CCOC(=O)/C=C/c2ccc(OC(=O)c3ccccc3)cc2)c(N)c1. The molecule has 0 heterocycles. The van der Waals surface area contributed by atoms with Gasteiger partial charge in [0.15, 0.2) is 0 Å². The lowest BCUT2D eigenvalue weighted by atomic mass is 9.82. The molecule has 0 radical (unpaired) electrons. The van der Waals surface area contributed by atoms with Crippen molar-refractivity contribution < 1.29 is 23.8 Å². The Morgan fingerprint density at radius 2 is 1.44 bits per heavy atom. The molecule has 9 nitrogen and oxygen atoms in total. The molecule has 48 heavy (non-hydrogen) atoms. The number of rotatable bonds is 11. The highest BCUT2D eigenvalue weighted by atomic mass is 16.5. The number of carbonyl (C=O) groups is 2. The van der Waals surface area contributed by atoms with Crippen molar-refractivity contribution in [2.24, 2.45) is 11.8 Å². The van der Waals surface area contributed by atoms with Crippen LogP contribution in [0.4, 0.5) is 22.7 Å². The molecule has 0 aromatic heterocycles. The van der Waals surface area contributed by atoms with Crippen molar-refractivity contribution in [2.45, 2.75) is 45.4 Å². The van der Waals surface area contributed by atoms with Gasteiger partial charge in [-0.2, -0.15) is 0 Å². The minimum Gasteiger partial charge on any atom is -0.491 e. The summed E-state index contributed by atoms with van der Waals surface area (Å²) < 4.78 is 16.3. The van der Waals surface area contributed by atoms with E-state index in [9.17, 15) is 9.59 Å². The monoisotopic (exact) mass is 650 g/mol. The Balaban J connectivity index is 0.000000246. The van der Waals surface area contributed by atoms with E-state index in [-0.39, 0.29) is 6.61 Å². The molecule has 0 unspecified atom stereocenters. The number of hydrogen-bond donors (Lipinski definition) is 4. The maximum Gasteiger partial charge on any atom is 0.343 e. The number of nitrogen functional groups attached to an aromatic ring is 4. The van der Waals surface area contributed by atoms with Gasteiger partial charge in [0.05, 0.1) is 24.5 Å². The summed E-state index contributed by atoms with van der Waals surface area (Å²) in [5.41, 5.74) is 27.7. The van der Waals surface area contributed by atoms with Gasteiger partial charge in [0.1, 0.15) is 11.5 Å². The average Bonchev–Trinajstić information content (AvgIpc) is 3.08. The Kier molecular flexibility index (Phi) is 13.3. The van der Waals surface area contributed by atoms with Gasteiger partial charge in [-0.1, -0.05) is 69.0 Å². The third kappa shape index (κ3) is 11.7. The second-order valence-corrected chi connectivity index (χ2v) is 12.1. The molecule has 1 fully saturated rings. The molecule has 9 heteroatoms. The quantitative estimate of drug-likeness (QED) is 0.0563. The zero-order valence-corrected chi connectivity index (χ0v) is 27.5. The van der Waals surface area contributed by atoms with Gasteiger partial charge in [0.25, 0.3) is 0 Å². The molecule has 0 atom stereocenters. The summed E-state index contributed by atoms with van der Waals surface area (Å²) in [5.74, 6) is 2.04. The number of carbonyl (C=O) groups excluding carboxylic acids is 2. The number of esters is 2. The van der Waals surface area contributed by atoms with E-state index in [1.165, 1.54) is 31.8 Å². The lowest BCUT2D eigenvalue weighted by Gasteiger charge is -2.26. The van der Waals surface area contributed by atoms with Crippen LogP contribution >= 0.6 is 0 Å². The molecular formula is C39H46N4O5. The molecule has 0 bridgehead atoms. The van der Waals surface area contributed by atoms with Crippen LogP contribution < -0.4 is 32.4 Å². The van der Waals surface area contributed by atoms with Crippen molar-refractivity contribution in [3.8, 4) is 11.5 Å². The molecule has 0 spiro atoms. The molecule has 8 N–H and O–H groups in total. The van der Waals surface area contributed by atoms with Crippen LogP contribution in [-0.2, 0) is 16.0 Å². The van der Waals surface area contributed by atoms with Gasteiger partial charge in [-0.3, -0.25) is 0 Å². The molecule has 5 rings (SSSR count). The van der Waals surface area contributed by atoms with E-state index in [1.54, 1.807) is 72.8 Å². The average molecular weight is 651 g/mol. The van der Waals surface area contributed by atoms with Crippen LogP contribution in [-0.4, -0.2) is 25.2 Å². The van der Waals surface area contributed by atoms with E-state index < -0.39 is 11.9 Å². The van der Waals surface area contributed by atoms with Crippen molar-refractivity contribution >= 4 is 40.8 Å². The standard InChI is InChI=1S/C24H22N2O4.C15H24N2O/c25-20-10-9-18(22(26)16-20)14-15-29-23(27)13-8-17-6-11-21(12-7-17)30-24(28)19-4-2-1-3-5-19;1-11-2-4-12(5-3-11)8-9-18-15-7-6-13(16)10-14(15)17/h1-13,16H,14-15,25-26H2;6-7,10-12H,2-5,8-9,16-17H2,1H3/b13-8+;. The van der Waals surface area contributed by atoms with Crippen LogP contribution in [0.25, 0.3) is 6.08 Å². The van der Waals surface area contributed by atoms with E-state index in [2.05, 4.69) is 6.92 Å². The van der Waals surface area contributed by atoms with Crippen LogP contribution in [0.5, 0.6) is 11.5 Å². The van der Waals surface area contributed by atoms with Gasteiger partial charge >= 0.3 is 11.9 Å². The molecule has 0 saturated heterocycles. The molecule has 0 aliphatic heterocycles. The Morgan fingerprint density at radius 1 is 0.771 bits per heavy atom. The fraction of sp³-hybridized carbons (Fsp3) is 0.282. The zero-order chi connectivity index (χ0) is 34.3. The Bertz CT molecular complexity index is 1650. The number of nitrogens with two attached hydrogens (primary N) is 4. The van der Waals surface area contributed by atoms with Gasteiger partial charge in [-0.25, -0.2) is 9.59 Å². The first kappa shape index (κ1) is 35.4. The van der Waals surface area contributed by atoms with Gasteiger partial charge in [0, 0.05) is 29.6 Å². The van der Waals surface area contributed by atoms with E-state index >= 15 is 0 Å². The molecule has 4 aromatic carbocycles. The van der Waals surface area contributed by atoms with Gasteiger partial charge in [-0.05, 0) is 90.1 Å². The summed E-state index contributed by atoms with van der Waals surface area (Å²) in [6, 6.07) is 26.2. The van der Waals surface area contributed by atoms with Crippen LogP contribution in [0.3, 0.4) is 0 Å². The third-order valence-corrected chi connectivity index (χ3v) is 8.25. The minimum atomic E-state index is -0.455.